The molecule has 0 aromatic rings. The molecule has 4 heteroatoms. The lowest BCUT2D eigenvalue weighted by Crippen LogP contribution is -2.38. The SMILES string of the molecule is CCNCC(C)C(=O)N1CCC(O)C1. The van der Waals surface area contributed by atoms with Crippen molar-refractivity contribution in [1.29, 1.82) is 0 Å². The van der Waals surface area contributed by atoms with Gasteiger partial charge in [-0.25, -0.2) is 0 Å². The average molecular weight is 200 g/mol. The fourth-order valence-corrected chi connectivity index (χ4v) is 1.70. The molecule has 2 N–H and O–H groups in total. The smallest absolute Gasteiger partial charge is 0.226 e. The fraction of sp³-hybridized carbons (Fsp3) is 0.900. The summed E-state index contributed by atoms with van der Waals surface area (Å²) in [7, 11) is 0. The maximum atomic E-state index is 11.8. The Balaban J connectivity index is 2.32. The van der Waals surface area contributed by atoms with Crippen molar-refractivity contribution < 1.29 is 9.90 Å². The lowest BCUT2D eigenvalue weighted by atomic mass is 10.1. The molecule has 4 nitrogen and oxygen atoms in total. The van der Waals surface area contributed by atoms with E-state index < -0.39 is 0 Å². The predicted molar refractivity (Wildman–Crippen MR) is 54.9 cm³/mol. The van der Waals surface area contributed by atoms with Crippen molar-refractivity contribution in [3.63, 3.8) is 0 Å². The number of likely N-dealkylation sites (tertiary alicyclic amines) is 1. The number of nitrogens with zero attached hydrogens (tertiary/aromatic N) is 1. The lowest BCUT2D eigenvalue weighted by molar-refractivity contribution is -0.134. The molecule has 1 aliphatic heterocycles. The number of aliphatic hydroxyl groups excluding tert-OH is 1. The number of nitrogens with one attached hydrogen (secondary N) is 1. The molecule has 0 bridgehead atoms. The van der Waals surface area contributed by atoms with E-state index in [2.05, 4.69) is 5.32 Å². The molecule has 1 saturated heterocycles. The number of amides is 1. The number of rotatable bonds is 4. The minimum Gasteiger partial charge on any atom is -0.391 e. The van der Waals surface area contributed by atoms with Crippen LogP contribution in [0.1, 0.15) is 20.3 Å². The highest BCUT2D eigenvalue weighted by Crippen LogP contribution is 2.12. The Kier molecular flexibility index (Phi) is 4.35. The van der Waals surface area contributed by atoms with Crippen LogP contribution in [-0.4, -0.2) is 48.2 Å². The Morgan fingerprint density at radius 2 is 2.43 bits per heavy atom. The van der Waals surface area contributed by atoms with Crippen LogP contribution in [0.5, 0.6) is 0 Å². The van der Waals surface area contributed by atoms with E-state index in [-0.39, 0.29) is 17.9 Å². The molecule has 0 aromatic carbocycles. The Labute approximate surface area is 85.3 Å². The Morgan fingerprint density at radius 1 is 1.71 bits per heavy atom. The number of hydrogen-bond acceptors (Lipinski definition) is 3. The molecule has 1 heterocycles. The molecule has 1 amide bonds. The number of carbonyl (C=O) groups excluding carboxylic acids is 1. The van der Waals surface area contributed by atoms with E-state index >= 15 is 0 Å². The Hall–Kier alpha value is -0.610. The Bertz CT molecular complexity index is 197. The van der Waals surface area contributed by atoms with Crippen molar-refractivity contribution in [3.05, 3.63) is 0 Å². The van der Waals surface area contributed by atoms with Crippen LogP contribution in [0.25, 0.3) is 0 Å². The zero-order valence-electron chi connectivity index (χ0n) is 8.99. The van der Waals surface area contributed by atoms with Crippen molar-refractivity contribution in [2.75, 3.05) is 26.2 Å². The third kappa shape index (κ3) is 2.96. The molecular formula is C10H20N2O2. The molecule has 0 aliphatic carbocycles. The summed E-state index contributed by atoms with van der Waals surface area (Å²) < 4.78 is 0. The van der Waals surface area contributed by atoms with Crippen molar-refractivity contribution in [2.24, 2.45) is 5.92 Å². The number of β-amino-alcohol motifs (C(OH)–C–C–N with tert-alkyl or cyclic N) is 1. The van der Waals surface area contributed by atoms with Crippen molar-refractivity contribution in [1.82, 2.24) is 10.2 Å². The zero-order chi connectivity index (χ0) is 10.6. The standard InChI is InChI=1S/C10H20N2O2/c1-3-11-6-8(2)10(14)12-5-4-9(13)7-12/h8-9,11,13H,3-7H2,1-2H3. The summed E-state index contributed by atoms with van der Waals surface area (Å²) in [6.07, 6.45) is 0.407. The van der Waals surface area contributed by atoms with Gasteiger partial charge in [0.1, 0.15) is 0 Å². The van der Waals surface area contributed by atoms with Crippen LogP contribution in [0.2, 0.25) is 0 Å². The van der Waals surface area contributed by atoms with Gasteiger partial charge < -0.3 is 15.3 Å². The summed E-state index contributed by atoms with van der Waals surface area (Å²) in [6, 6.07) is 0. The number of aliphatic hydroxyl groups is 1. The summed E-state index contributed by atoms with van der Waals surface area (Å²) >= 11 is 0. The van der Waals surface area contributed by atoms with Crippen LogP contribution in [0.15, 0.2) is 0 Å². The predicted octanol–water partition coefficient (Wildman–Crippen LogP) is -0.175. The lowest BCUT2D eigenvalue weighted by Gasteiger charge is -2.20. The normalized spacial score (nSPS) is 23.9. The van der Waals surface area contributed by atoms with Crippen LogP contribution in [0.4, 0.5) is 0 Å². The molecule has 82 valence electrons. The highest BCUT2D eigenvalue weighted by molar-refractivity contribution is 5.79. The van der Waals surface area contributed by atoms with Crippen LogP contribution in [-0.2, 0) is 4.79 Å². The second kappa shape index (κ2) is 5.32. The first-order valence-corrected chi connectivity index (χ1v) is 5.32. The molecular weight excluding hydrogens is 180 g/mol. The van der Waals surface area contributed by atoms with Gasteiger partial charge in [0.2, 0.25) is 5.91 Å². The van der Waals surface area contributed by atoms with Gasteiger partial charge in [0.15, 0.2) is 0 Å². The van der Waals surface area contributed by atoms with Crippen LogP contribution in [0, 0.1) is 5.92 Å². The number of carbonyl (C=O) groups is 1. The van der Waals surface area contributed by atoms with Gasteiger partial charge in [-0.1, -0.05) is 13.8 Å². The second-order valence-corrected chi connectivity index (χ2v) is 3.94. The van der Waals surface area contributed by atoms with E-state index in [0.717, 1.165) is 19.5 Å². The molecule has 1 fully saturated rings. The van der Waals surface area contributed by atoms with Crippen molar-refractivity contribution in [3.8, 4) is 0 Å². The summed E-state index contributed by atoms with van der Waals surface area (Å²) in [4.78, 5) is 13.5. The van der Waals surface area contributed by atoms with Gasteiger partial charge in [-0.3, -0.25) is 4.79 Å². The molecule has 0 saturated carbocycles. The van der Waals surface area contributed by atoms with E-state index in [9.17, 15) is 9.90 Å². The molecule has 1 aliphatic rings. The van der Waals surface area contributed by atoms with Gasteiger partial charge in [0, 0.05) is 25.6 Å². The topological polar surface area (TPSA) is 52.6 Å². The summed E-state index contributed by atoms with van der Waals surface area (Å²) in [5.41, 5.74) is 0. The minimum atomic E-state index is -0.315. The highest BCUT2D eigenvalue weighted by atomic mass is 16.3. The Morgan fingerprint density at radius 3 is 2.93 bits per heavy atom. The third-order valence-corrected chi connectivity index (χ3v) is 2.60. The molecule has 1 rings (SSSR count). The molecule has 14 heavy (non-hydrogen) atoms. The van der Waals surface area contributed by atoms with Crippen LogP contribution >= 0.6 is 0 Å². The van der Waals surface area contributed by atoms with E-state index in [0.29, 0.717) is 13.1 Å². The first kappa shape index (κ1) is 11.5. The van der Waals surface area contributed by atoms with E-state index in [1.807, 2.05) is 13.8 Å². The molecule has 2 unspecified atom stereocenters. The summed E-state index contributed by atoms with van der Waals surface area (Å²) in [6.45, 7) is 6.78. The van der Waals surface area contributed by atoms with E-state index in [1.54, 1.807) is 4.90 Å². The quantitative estimate of drug-likeness (QED) is 0.662. The summed E-state index contributed by atoms with van der Waals surface area (Å²) in [5.74, 6) is 0.169. The van der Waals surface area contributed by atoms with Gasteiger partial charge in [-0.2, -0.15) is 0 Å². The number of hydrogen-bond donors (Lipinski definition) is 2. The van der Waals surface area contributed by atoms with E-state index in [4.69, 9.17) is 0 Å². The third-order valence-electron chi connectivity index (χ3n) is 2.60. The van der Waals surface area contributed by atoms with Gasteiger partial charge >= 0.3 is 0 Å². The molecule has 0 radical (unpaired) electrons. The second-order valence-electron chi connectivity index (χ2n) is 3.94. The van der Waals surface area contributed by atoms with Crippen LogP contribution < -0.4 is 5.32 Å². The summed E-state index contributed by atoms with van der Waals surface area (Å²) in [5, 5.41) is 12.5. The molecule has 2 atom stereocenters. The molecule has 0 aromatic heterocycles. The minimum absolute atomic E-state index is 0.0141. The van der Waals surface area contributed by atoms with Gasteiger partial charge in [-0.15, -0.1) is 0 Å². The first-order valence-electron chi connectivity index (χ1n) is 5.32. The maximum Gasteiger partial charge on any atom is 0.226 e. The highest BCUT2D eigenvalue weighted by Gasteiger charge is 2.27. The fourth-order valence-electron chi connectivity index (χ4n) is 1.70. The van der Waals surface area contributed by atoms with Crippen molar-refractivity contribution in [2.45, 2.75) is 26.4 Å². The van der Waals surface area contributed by atoms with Crippen molar-refractivity contribution >= 4 is 5.91 Å². The zero-order valence-corrected chi connectivity index (χ0v) is 8.99. The van der Waals surface area contributed by atoms with Crippen LogP contribution in [0.3, 0.4) is 0 Å². The first-order chi connectivity index (χ1) is 6.65. The molecule has 0 spiro atoms. The van der Waals surface area contributed by atoms with E-state index in [1.165, 1.54) is 0 Å². The van der Waals surface area contributed by atoms with Gasteiger partial charge in [0.05, 0.1) is 6.10 Å². The maximum absolute atomic E-state index is 11.8. The van der Waals surface area contributed by atoms with Gasteiger partial charge in [-0.05, 0) is 13.0 Å². The monoisotopic (exact) mass is 200 g/mol. The van der Waals surface area contributed by atoms with Gasteiger partial charge in [0.25, 0.3) is 0 Å². The largest absolute Gasteiger partial charge is 0.391 e. The average Bonchev–Trinajstić information content (AvgIpc) is 2.60.